The molecule has 0 amide bonds. The Morgan fingerprint density at radius 2 is 1.05 bits per heavy atom. The van der Waals surface area contributed by atoms with Gasteiger partial charge in [-0.3, -0.25) is 4.79 Å². The quantitative estimate of drug-likeness (QED) is 0.294. The van der Waals surface area contributed by atoms with Gasteiger partial charge in [0.2, 0.25) is 0 Å². The van der Waals surface area contributed by atoms with Crippen molar-refractivity contribution in [3.63, 3.8) is 0 Å². The number of hydrogen-bond acceptors (Lipinski definition) is 1. The lowest BCUT2D eigenvalue weighted by molar-refractivity contribution is -0.138. The average Bonchev–Trinajstić information content (AvgIpc) is 2.48. The highest BCUT2D eigenvalue weighted by Gasteiger charge is 2.12. The molecule has 0 aliphatic rings. The average molecular weight is 313 g/mol. The van der Waals surface area contributed by atoms with Crippen LogP contribution in [0.4, 0.5) is 0 Å². The van der Waals surface area contributed by atoms with Crippen LogP contribution in [-0.2, 0) is 4.79 Å². The number of hydrogen-bond donors (Lipinski definition) is 1. The van der Waals surface area contributed by atoms with E-state index in [1.54, 1.807) is 0 Å². The van der Waals surface area contributed by atoms with Gasteiger partial charge in [0.05, 0.1) is 0 Å². The highest BCUT2D eigenvalue weighted by atomic mass is 16.4. The van der Waals surface area contributed by atoms with E-state index in [-0.39, 0.29) is 0 Å². The molecule has 0 fully saturated rings. The van der Waals surface area contributed by atoms with Crippen molar-refractivity contribution in [3.05, 3.63) is 0 Å². The molecule has 1 atom stereocenters. The van der Waals surface area contributed by atoms with E-state index in [2.05, 4.69) is 13.8 Å². The van der Waals surface area contributed by atoms with E-state index < -0.39 is 5.97 Å². The molecular weight excluding hydrogens is 272 g/mol. The molecule has 2 heteroatoms. The highest BCUT2D eigenvalue weighted by molar-refractivity contribution is 5.66. The number of carbonyl (C=O) groups is 1. The first-order valence-electron chi connectivity index (χ1n) is 9.92. The maximum Gasteiger partial charge on any atom is 0.303 e. The lowest BCUT2D eigenvalue weighted by Crippen LogP contribution is -2.08. The fourth-order valence-electron chi connectivity index (χ4n) is 3.20. The summed E-state index contributed by atoms with van der Waals surface area (Å²) in [7, 11) is 0. The van der Waals surface area contributed by atoms with Crippen LogP contribution in [0.25, 0.3) is 0 Å². The van der Waals surface area contributed by atoms with Gasteiger partial charge in [-0.15, -0.1) is 0 Å². The van der Waals surface area contributed by atoms with Crippen LogP contribution in [0.2, 0.25) is 0 Å². The van der Waals surface area contributed by atoms with Gasteiger partial charge in [0.1, 0.15) is 0 Å². The highest BCUT2D eigenvalue weighted by Crippen LogP contribution is 2.21. The molecule has 0 aromatic heterocycles. The molecule has 0 aromatic carbocycles. The molecule has 0 radical (unpaired) electrons. The Kier molecular flexibility index (Phi) is 16.4. The maximum atomic E-state index is 10.9. The first-order valence-corrected chi connectivity index (χ1v) is 9.92. The molecule has 1 N–H and O–H groups in total. The van der Waals surface area contributed by atoms with Gasteiger partial charge in [-0.2, -0.15) is 0 Å². The number of carboxylic acid groups (broad SMARTS) is 1. The normalized spacial score (nSPS) is 12.5. The minimum absolute atomic E-state index is 0.376. The third-order valence-electron chi connectivity index (χ3n) is 4.65. The topological polar surface area (TPSA) is 37.3 Å². The van der Waals surface area contributed by atoms with Crippen LogP contribution in [-0.4, -0.2) is 11.1 Å². The van der Waals surface area contributed by atoms with Crippen molar-refractivity contribution in [2.24, 2.45) is 5.92 Å². The molecule has 1 unspecified atom stereocenters. The second kappa shape index (κ2) is 16.8. The second-order valence-corrected chi connectivity index (χ2v) is 6.93. The summed E-state index contributed by atoms with van der Waals surface area (Å²) in [6.45, 7) is 4.47. The summed E-state index contributed by atoms with van der Waals surface area (Å²) in [5, 5.41) is 9.00. The lowest BCUT2D eigenvalue weighted by atomic mass is 9.92. The number of unbranched alkanes of at least 4 members (excludes halogenated alkanes) is 11. The molecule has 22 heavy (non-hydrogen) atoms. The largest absolute Gasteiger partial charge is 0.481 e. The molecule has 2 nitrogen and oxygen atoms in total. The van der Waals surface area contributed by atoms with Gasteiger partial charge in [0, 0.05) is 6.42 Å². The van der Waals surface area contributed by atoms with E-state index >= 15 is 0 Å². The zero-order chi connectivity index (χ0) is 16.5. The predicted molar refractivity (Wildman–Crippen MR) is 96.3 cm³/mol. The second-order valence-electron chi connectivity index (χ2n) is 6.93. The fourth-order valence-corrected chi connectivity index (χ4v) is 3.20. The molecule has 0 aromatic rings. The molecule has 0 heterocycles. The van der Waals surface area contributed by atoms with Crippen molar-refractivity contribution in [2.45, 2.75) is 117 Å². The summed E-state index contributed by atoms with van der Waals surface area (Å²) in [6.07, 6.45) is 19.8. The molecule has 0 spiro atoms. The summed E-state index contributed by atoms with van der Waals surface area (Å²) in [6, 6.07) is 0. The van der Waals surface area contributed by atoms with Crippen molar-refractivity contribution >= 4 is 5.97 Å². The molecular formula is C20H40O2. The smallest absolute Gasteiger partial charge is 0.303 e. The Labute approximate surface area is 139 Å². The lowest BCUT2D eigenvalue weighted by Gasteiger charge is -2.14. The van der Waals surface area contributed by atoms with E-state index in [9.17, 15) is 4.79 Å². The SMILES string of the molecule is CCCCCCCCCCCCC(CCCCC)CC(=O)O. The Balaban J connectivity index is 3.48. The van der Waals surface area contributed by atoms with Gasteiger partial charge in [0.25, 0.3) is 0 Å². The van der Waals surface area contributed by atoms with Gasteiger partial charge >= 0.3 is 5.97 Å². The zero-order valence-electron chi connectivity index (χ0n) is 15.2. The van der Waals surface area contributed by atoms with Crippen molar-refractivity contribution in [2.75, 3.05) is 0 Å². The van der Waals surface area contributed by atoms with E-state index in [1.165, 1.54) is 83.5 Å². The van der Waals surface area contributed by atoms with E-state index in [0.29, 0.717) is 12.3 Å². The maximum absolute atomic E-state index is 10.9. The molecule has 0 bridgehead atoms. The molecule has 0 aliphatic carbocycles. The third-order valence-corrected chi connectivity index (χ3v) is 4.65. The van der Waals surface area contributed by atoms with Crippen molar-refractivity contribution < 1.29 is 9.90 Å². The summed E-state index contributed by atoms with van der Waals surface area (Å²) in [4.78, 5) is 10.9. The Hall–Kier alpha value is -0.530. The summed E-state index contributed by atoms with van der Waals surface area (Å²) < 4.78 is 0. The van der Waals surface area contributed by atoms with Gasteiger partial charge in [-0.05, 0) is 18.8 Å². The fraction of sp³-hybridized carbons (Fsp3) is 0.950. The number of rotatable bonds is 17. The first-order chi connectivity index (χ1) is 10.7. The van der Waals surface area contributed by atoms with Crippen LogP contribution in [0, 0.1) is 5.92 Å². The Morgan fingerprint density at radius 3 is 1.50 bits per heavy atom. The molecule has 0 saturated heterocycles. The minimum Gasteiger partial charge on any atom is -0.481 e. The van der Waals surface area contributed by atoms with Crippen molar-refractivity contribution in [1.29, 1.82) is 0 Å². The summed E-state index contributed by atoms with van der Waals surface area (Å²) in [5.74, 6) is -0.202. The van der Waals surface area contributed by atoms with E-state index in [0.717, 1.165) is 12.8 Å². The third kappa shape index (κ3) is 15.9. The van der Waals surface area contributed by atoms with Gasteiger partial charge < -0.3 is 5.11 Å². The molecule has 0 rings (SSSR count). The standard InChI is InChI=1S/C20H40O2/c1-3-5-7-8-9-10-11-12-13-15-17-19(18-20(21)22)16-14-6-4-2/h19H,3-18H2,1-2H3,(H,21,22). The van der Waals surface area contributed by atoms with Crippen LogP contribution in [0.5, 0.6) is 0 Å². The van der Waals surface area contributed by atoms with E-state index in [4.69, 9.17) is 5.11 Å². The van der Waals surface area contributed by atoms with Crippen LogP contribution in [0.1, 0.15) is 117 Å². The van der Waals surface area contributed by atoms with Crippen LogP contribution in [0.15, 0.2) is 0 Å². The van der Waals surface area contributed by atoms with Gasteiger partial charge in [-0.1, -0.05) is 97.3 Å². The van der Waals surface area contributed by atoms with Crippen LogP contribution < -0.4 is 0 Å². The van der Waals surface area contributed by atoms with Crippen LogP contribution in [0.3, 0.4) is 0 Å². The predicted octanol–water partition coefficient (Wildman–Crippen LogP) is 6.97. The molecule has 0 saturated carbocycles. The first kappa shape index (κ1) is 21.5. The molecule has 132 valence electrons. The summed E-state index contributed by atoms with van der Waals surface area (Å²) >= 11 is 0. The van der Waals surface area contributed by atoms with Crippen molar-refractivity contribution in [3.8, 4) is 0 Å². The number of carboxylic acids is 1. The van der Waals surface area contributed by atoms with Gasteiger partial charge in [0.15, 0.2) is 0 Å². The zero-order valence-corrected chi connectivity index (χ0v) is 15.2. The number of aliphatic carboxylic acids is 1. The minimum atomic E-state index is -0.617. The van der Waals surface area contributed by atoms with E-state index in [1.807, 2.05) is 0 Å². The Morgan fingerprint density at radius 1 is 0.682 bits per heavy atom. The molecule has 0 aliphatic heterocycles. The van der Waals surface area contributed by atoms with Crippen molar-refractivity contribution in [1.82, 2.24) is 0 Å². The Bertz CT molecular complexity index is 238. The summed E-state index contributed by atoms with van der Waals surface area (Å²) in [5.41, 5.74) is 0. The monoisotopic (exact) mass is 312 g/mol. The van der Waals surface area contributed by atoms with Crippen LogP contribution >= 0.6 is 0 Å². The van der Waals surface area contributed by atoms with Gasteiger partial charge in [-0.25, -0.2) is 0 Å².